The first-order chi connectivity index (χ1) is 11.2. The van der Waals surface area contributed by atoms with Crippen molar-refractivity contribution in [3.63, 3.8) is 0 Å². The molecule has 0 radical (unpaired) electrons. The monoisotopic (exact) mass is 324 g/mol. The lowest BCUT2D eigenvalue weighted by Gasteiger charge is -2.24. The number of para-hydroxylation sites is 1. The zero-order valence-electron chi connectivity index (χ0n) is 12.7. The highest BCUT2D eigenvalue weighted by Crippen LogP contribution is 2.28. The molecule has 3 aromatic rings. The van der Waals surface area contributed by atoms with Crippen molar-refractivity contribution in [2.45, 2.75) is 13.3 Å². The fourth-order valence-electron chi connectivity index (χ4n) is 2.86. The van der Waals surface area contributed by atoms with Crippen molar-refractivity contribution in [2.75, 3.05) is 11.9 Å². The number of nitrogens with zero attached hydrogens (tertiary/aromatic N) is 1. The van der Waals surface area contributed by atoms with Gasteiger partial charge in [-0.05, 0) is 43.2 Å². The van der Waals surface area contributed by atoms with Crippen LogP contribution in [0.5, 0.6) is 5.75 Å². The first-order valence-electron chi connectivity index (χ1n) is 7.58. The largest absolute Gasteiger partial charge is 0.492 e. The highest BCUT2D eigenvalue weighted by Gasteiger charge is 2.25. The third kappa shape index (κ3) is 2.80. The molecule has 2 aromatic carbocycles. The number of aryl methyl sites for hydroxylation is 1. The molecule has 1 aliphatic heterocycles. The molecule has 0 saturated heterocycles. The Balaban J connectivity index is 1.51. The number of hydrogen-bond donors (Lipinski definition) is 1. The maximum absolute atomic E-state index is 12.5. The van der Waals surface area contributed by atoms with Crippen LogP contribution < -0.4 is 10.1 Å². The van der Waals surface area contributed by atoms with Gasteiger partial charge in [-0.25, -0.2) is 4.98 Å². The molecule has 0 spiro atoms. The van der Waals surface area contributed by atoms with Crippen molar-refractivity contribution in [3.8, 4) is 5.75 Å². The van der Waals surface area contributed by atoms with Gasteiger partial charge in [0, 0.05) is 5.69 Å². The number of carbonyl (C=O) groups excluding carboxylic acids is 1. The Morgan fingerprint density at radius 2 is 2.17 bits per heavy atom. The van der Waals surface area contributed by atoms with Gasteiger partial charge in [0.1, 0.15) is 12.4 Å². The van der Waals surface area contributed by atoms with E-state index in [1.165, 1.54) is 0 Å². The molecule has 4 nitrogen and oxygen atoms in total. The number of rotatable bonds is 2. The van der Waals surface area contributed by atoms with E-state index in [-0.39, 0.29) is 11.8 Å². The number of anilines is 1. The summed E-state index contributed by atoms with van der Waals surface area (Å²) in [6.45, 7) is 2.41. The van der Waals surface area contributed by atoms with Crippen molar-refractivity contribution in [2.24, 2.45) is 5.92 Å². The molecule has 5 heteroatoms. The number of hydrogen-bond acceptors (Lipinski definition) is 4. The molecular weight excluding hydrogens is 308 g/mol. The van der Waals surface area contributed by atoms with Crippen LogP contribution in [0.15, 0.2) is 42.5 Å². The Bertz CT molecular complexity index is 888. The number of amides is 1. The van der Waals surface area contributed by atoms with E-state index in [1.54, 1.807) is 11.3 Å². The van der Waals surface area contributed by atoms with Gasteiger partial charge in [-0.1, -0.05) is 18.2 Å². The van der Waals surface area contributed by atoms with Gasteiger partial charge in [-0.3, -0.25) is 4.79 Å². The fraction of sp³-hybridized carbons (Fsp3) is 0.222. The van der Waals surface area contributed by atoms with Gasteiger partial charge in [-0.15, -0.1) is 11.3 Å². The maximum atomic E-state index is 12.5. The van der Waals surface area contributed by atoms with Gasteiger partial charge in [-0.2, -0.15) is 0 Å². The quantitative estimate of drug-likeness (QED) is 0.780. The zero-order chi connectivity index (χ0) is 15.8. The Kier molecular flexibility index (Phi) is 3.50. The van der Waals surface area contributed by atoms with E-state index in [2.05, 4.69) is 10.3 Å². The van der Waals surface area contributed by atoms with Crippen LogP contribution in [0.2, 0.25) is 0 Å². The van der Waals surface area contributed by atoms with Crippen molar-refractivity contribution in [1.82, 2.24) is 4.98 Å². The van der Waals surface area contributed by atoms with Crippen molar-refractivity contribution in [3.05, 3.63) is 53.0 Å². The minimum Gasteiger partial charge on any atom is -0.492 e. The van der Waals surface area contributed by atoms with Crippen LogP contribution in [0.4, 0.5) is 5.69 Å². The summed E-state index contributed by atoms with van der Waals surface area (Å²) in [5, 5.41) is 4.03. The number of ether oxygens (including phenoxy) is 1. The summed E-state index contributed by atoms with van der Waals surface area (Å²) in [6, 6.07) is 13.7. The van der Waals surface area contributed by atoms with E-state index in [9.17, 15) is 4.79 Å². The van der Waals surface area contributed by atoms with E-state index in [1.807, 2.05) is 49.4 Å². The van der Waals surface area contributed by atoms with Crippen molar-refractivity contribution in [1.29, 1.82) is 0 Å². The SMILES string of the molecule is Cc1nc2ccc(NC(=O)C3COc4ccccc4C3)cc2s1. The molecule has 1 amide bonds. The Morgan fingerprint density at radius 1 is 1.30 bits per heavy atom. The lowest BCUT2D eigenvalue weighted by atomic mass is 9.96. The van der Waals surface area contributed by atoms with Crippen molar-refractivity contribution < 1.29 is 9.53 Å². The van der Waals surface area contributed by atoms with Crippen LogP contribution in [0.3, 0.4) is 0 Å². The van der Waals surface area contributed by atoms with Crippen LogP contribution in [0, 0.1) is 12.8 Å². The lowest BCUT2D eigenvalue weighted by molar-refractivity contribution is -0.121. The molecule has 1 aliphatic rings. The number of fused-ring (bicyclic) bond motifs is 2. The van der Waals surface area contributed by atoms with Crippen LogP contribution in [0.1, 0.15) is 10.6 Å². The third-order valence-electron chi connectivity index (χ3n) is 4.01. The highest BCUT2D eigenvalue weighted by molar-refractivity contribution is 7.18. The molecule has 2 heterocycles. The molecule has 0 bridgehead atoms. The second kappa shape index (κ2) is 5.66. The predicted octanol–water partition coefficient (Wildman–Crippen LogP) is 3.79. The summed E-state index contributed by atoms with van der Waals surface area (Å²) in [6.07, 6.45) is 0.712. The van der Waals surface area contributed by atoms with Gasteiger partial charge in [0.25, 0.3) is 0 Å². The topological polar surface area (TPSA) is 51.2 Å². The van der Waals surface area contributed by atoms with Gasteiger partial charge < -0.3 is 10.1 Å². The van der Waals surface area contributed by atoms with Crippen LogP contribution in [0.25, 0.3) is 10.2 Å². The summed E-state index contributed by atoms with van der Waals surface area (Å²) in [5.74, 6) is 0.724. The summed E-state index contributed by atoms with van der Waals surface area (Å²) in [5.41, 5.74) is 2.87. The zero-order valence-corrected chi connectivity index (χ0v) is 13.5. The smallest absolute Gasteiger partial charge is 0.231 e. The normalized spacial score (nSPS) is 16.7. The second-order valence-electron chi connectivity index (χ2n) is 5.72. The van der Waals surface area contributed by atoms with E-state index in [0.717, 1.165) is 32.2 Å². The van der Waals surface area contributed by atoms with E-state index in [4.69, 9.17) is 4.74 Å². The molecule has 1 aromatic heterocycles. The molecule has 23 heavy (non-hydrogen) atoms. The predicted molar refractivity (Wildman–Crippen MR) is 92.1 cm³/mol. The molecule has 0 saturated carbocycles. The molecule has 0 fully saturated rings. The van der Waals surface area contributed by atoms with Crippen LogP contribution >= 0.6 is 11.3 Å². The Labute approximate surface area is 138 Å². The van der Waals surface area contributed by atoms with Crippen LogP contribution in [-0.2, 0) is 11.2 Å². The molecule has 4 rings (SSSR count). The van der Waals surface area contributed by atoms with E-state index >= 15 is 0 Å². The van der Waals surface area contributed by atoms with Crippen LogP contribution in [-0.4, -0.2) is 17.5 Å². The van der Waals surface area contributed by atoms with Gasteiger partial charge in [0.05, 0.1) is 21.1 Å². The first kappa shape index (κ1) is 14.2. The molecule has 116 valence electrons. The number of carbonyl (C=O) groups is 1. The molecule has 0 aliphatic carbocycles. The second-order valence-corrected chi connectivity index (χ2v) is 6.96. The van der Waals surface area contributed by atoms with Crippen molar-refractivity contribution >= 4 is 33.1 Å². The average Bonchev–Trinajstić information content (AvgIpc) is 2.93. The minimum atomic E-state index is -0.163. The summed E-state index contributed by atoms with van der Waals surface area (Å²) in [7, 11) is 0. The molecule has 1 atom stereocenters. The molecule has 1 N–H and O–H groups in total. The Morgan fingerprint density at radius 3 is 3.09 bits per heavy atom. The summed E-state index contributed by atoms with van der Waals surface area (Å²) >= 11 is 1.63. The van der Waals surface area contributed by atoms with E-state index < -0.39 is 0 Å². The maximum Gasteiger partial charge on any atom is 0.231 e. The standard InChI is InChI=1S/C18H16N2O2S/c1-11-19-15-7-6-14(9-17(15)23-11)20-18(21)13-8-12-4-2-3-5-16(12)22-10-13/h2-7,9,13H,8,10H2,1H3,(H,20,21). The van der Waals surface area contributed by atoms with E-state index in [0.29, 0.717) is 13.0 Å². The lowest BCUT2D eigenvalue weighted by Crippen LogP contribution is -2.32. The summed E-state index contributed by atoms with van der Waals surface area (Å²) in [4.78, 5) is 16.9. The van der Waals surface area contributed by atoms with Gasteiger partial charge >= 0.3 is 0 Å². The fourth-order valence-corrected chi connectivity index (χ4v) is 3.72. The highest BCUT2D eigenvalue weighted by atomic mass is 32.1. The van der Waals surface area contributed by atoms with Gasteiger partial charge in [0.2, 0.25) is 5.91 Å². The number of nitrogens with one attached hydrogen (secondary N) is 1. The Hall–Kier alpha value is -2.40. The minimum absolute atomic E-state index is 0.0000836. The summed E-state index contributed by atoms with van der Waals surface area (Å²) < 4.78 is 6.79. The number of thiazole rings is 1. The average molecular weight is 324 g/mol. The molecular formula is C18H16N2O2S. The first-order valence-corrected chi connectivity index (χ1v) is 8.39. The van der Waals surface area contributed by atoms with Gasteiger partial charge in [0.15, 0.2) is 0 Å². The third-order valence-corrected chi connectivity index (χ3v) is 4.95. The number of benzene rings is 2. The number of aromatic nitrogens is 1. The molecule has 1 unspecified atom stereocenters.